The van der Waals surface area contributed by atoms with Crippen LogP contribution in [0.5, 0.6) is 0 Å². The van der Waals surface area contributed by atoms with Crippen LogP contribution >= 0.6 is 0 Å². The van der Waals surface area contributed by atoms with Crippen molar-refractivity contribution >= 4 is 17.4 Å². The van der Waals surface area contributed by atoms with Crippen LogP contribution in [0.2, 0.25) is 0 Å². The molecule has 1 aromatic heterocycles. The predicted octanol–water partition coefficient (Wildman–Crippen LogP) is 1.00. The Morgan fingerprint density at radius 1 is 1.38 bits per heavy atom. The van der Waals surface area contributed by atoms with Crippen LogP contribution < -0.4 is 0 Å². The lowest BCUT2D eigenvalue weighted by Gasteiger charge is -2.38. The summed E-state index contributed by atoms with van der Waals surface area (Å²) in [5.74, 6) is -0.00631. The zero-order valence-electron chi connectivity index (χ0n) is 13.8. The van der Waals surface area contributed by atoms with Crippen molar-refractivity contribution in [1.82, 2.24) is 14.8 Å². The van der Waals surface area contributed by atoms with Crippen molar-refractivity contribution in [1.29, 1.82) is 0 Å². The largest absolute Gasteiger partial charge is 0.378 e. The molecule has 1 saturated heterocycles. The minimum Gasteiger partial charge on any atom is -0.378 e. The minimum atomic E-state index is -0.415. The van der Waals surface area contributed by atoms with E-state index >= 15 is 0 Å². The van der Waals surface area contributed by atoms with Crippen LogP contribution in [-0.2, 0) is 27.3 Å². The summed E-state index contributed by atoms with van der Waals surface area (Å²) in [6.45, 7) is 4.79. The molecule has 0 saturated carbocycles. The molecule has 1 aromatic rings. The van der Waals surface area contributed by atoms with Gasteiger partial charge in [0.15, 0.2) is 0 Å². The van der Waals surface area contributed by atoms with Crippen molar-refractivity contribution in [2.24, 2.45) is 0 Å². The molecule has 3 heterocycles. The third-order valence-electron chi connectivity index (χ3n) is 5.09. The number of hydrogen-bond donors (Lipinski definition) is 0. The normalized spacial score (nSPS) is 20.7. The van der Waals surface area contributed by atoms with Crippen LogP contribution in [0.3, 0.4) is 0 Å². The highest BCUT2D eigenvalue weighted by Gasteiger charge is 2.39. The van der Waals surface area contributed by atoms with Gasteiger partial charge in [0, 0.05) is 43.4 Å². The van der Waals surface area contributed by atoms with Crippen molar-refractivity contribution < 1.29 is 14.3 Å². The van der Waals surface area contributed by atoms with E-state index < -0.39 is 6.04 Å². The predicted molar refractivity (Wildman–Crippen MR) is 87.9 cm³/mol. The van der Waals surface area contributed by atoms with Crippen LogP contribution in [0.4, 0.5) is 0 Å². The second kappa shape index (κ2) is 6.02. The van der Waals surface area contributed by atoms with Crippen molar-refractivity contribution in [3.63, 3.8) is 0 Å². The van der Waals surface area contributed by atoms with E-state index in [0.717, 1.165) is 16.8 Å². The Labute approximate surface area is 141 Å². The Kier molecular flexibility index (Phi) is 3.84. The van der Waals surface area contributed by atoms with Crippen molar-refractivity contribution in [2.45, 2.75) is 32.4 Å². The second-order valence-electron chi connectivity index (χ2n) is 6.41. The topological polar surface area (TPSA) is 62.7 Å². The Bertz CT molecular complexity index is 722. The number of aromatic nitrogens is 1. The molecule has 126 valence electrons. The van der Waals surface area contributed by atoms with Crippen molar-refractivity contribution in [3.05, 3.63) is 35.2 Å². The van der Waals surface area contributed by atoms with Crippen molar-refractivity contribution in [3.8, 4) is 0 Å². The second-order valence-corrected chi connectivity index (χ2v) is 6.41. The van der Waals surface area contributed by atoms with Gasteiger partial charge >= 0.3 is 0 Å². The molecule has 2 amide bonds. The van der Waals surface area contributed by atoms with Gasteiger partial charge in [-0.05, 0) is 18.1 Å². The van der Waals surface area contributed by atoms with Crippen LogP contribution in [0, 0.1) is 0 Å². The molecule has 0 unspecified atom stereocenters. The Balaban J connectivity index is 1.64. The SMILES string of the molecule is CC[C@H](C(=O)N1CCOCC1)N1Cc2ccnc3c2C(=CC3)C1=O. The van der Waals surface area contributed by atoms with E-state index in [0.29, 0.717) is 51.3 Å². The van der Waals surface area contributed by atoms with Gasteiger partial charge in [0.2, 0.25) is 5.91 Å². The molecule has 1 atom stereocenters. The van der Waals surface area contributed by atoms with Crippen molar-refractivity contribution in [2.75, 3.05) is 26.3 Å². The average Bonchev–Trinajstić information content (AvgIpc) is 3.06. The van der Waals surface area contributed by atoms with E-state index in [1.165, 1.54) is 0 Å². The first-order chi connectivity index (χ1) is 11.7. The molecule has 1 fully saturated rings. The van der Waals surface area contributed by atoms with Gasteiger partial charge in [-0.25, -0.2) is 0 Å². The standard InChI is InChI=1S/C18H21N3O3/c1-2-15(18(23)20-7-9-24-10-8-20)21-11-12-5-6-19-14-4-3-13(16(12)14)17(21)22/h3,5-6,15H,2,4,7-11H2,1H3/t15-/m1/s1. The molecule has 2 aliphatic heterocycles. The van der Waals surface area contributed by atoms with Gasteiger partial charge in [-0.2, -0.15) is 0 Å². The molecule has 0 spiro atoms. The molecule has 0 radical (unpaired) electrons. The lowest BCUT2D eigenvalue weighted by Crippen LogP contribution is -2.54. The van der Waals surface area contributed by atoms with E-state index in [1.807, 2.05) is 24.0 Å². The lowest BCUT2D eigenvalue weighted by molar-refractivity contribution is -0.147. The van der Waals surface area contributed by atoms with Gasteiger partial charge in [0.05, 0.1) is 18.9 Å². The van der Waals surface area contributed by atoms with E-state index in [9.17, 15) is 9.59 Å². The van der Waals surface area contributed by atoms with Gasteiger partial charge in [0.25, 0.3) is 5.91 Å². The van der Waals surface area contributed by atoms with E-state index in [-0.39, 0.29) is 11.8 Å². The molecular weight excluding hydrogens is 306 g/mol. The number of rotatable bonds is 3. The van der Waals surface area contributed by atoms with E-state index in [2.05, 4.69) is 4.98 Å². The van der Waals surface area contributed by atoms with Gasteiger partial charge in [-0.1, -0.05) is 13.0 Å². The van der Waals surface area contributed by atoms with Crippen LogP contribution in [0.15, 0.2) is 18.3 Å². The average molecular weight is 327 g/mol. The Hall–Kier alpha value is -2.21. The van der Waals surface area contributed by atoms with Crippen LogP contribution in [0.1, 0.15) is 30.2 Å². The molecule has 1 aliphatic carbocycles. The fraction of sp³-hybridized carbons (Fsp3) is 0.500. The van der Waals surface area contributed by atoms with E-state index in [4.69, 9.17) is 4.74 Å². The maximum Gasteiger partial charge on any atom is 0.255 e. The monoisotopic (exact) mass is 327 g/mol. The van der Waals surface area contributed by atoms with Crippen LogP contribution in [0.25, 0.3) is 5.57 Å². The summed E-state index contributed by atoms with van der Waals surface area (Å²) in [6, 6.07) is 1.55. The summed E-state index contributed by atoms with van der Waals surface area (Å²) >= 11 is 0. The number of amides is 2. The number of pyridine rings is 1. The number of ether oxygens (including phenoxy) is 1. The summed E-state index contributed by atoms with van der Waals surface area (Å²) in [4.78, 5) is 33.8. The number of carbonyl (C=O) groups excluding carboxylic acids is 2. The zero-order chi connectivity index (χ0) is 16.7. The summed E-state index contributed by atoms with van der Waals surface area (Å²) < 4.78 is 5.33. The number of carbonyl (C=O) groups is 2. The minimum absolute atomic E-state index is 0.0328. The highest BCUT2D eigenvalue weighted by Crippen LogP contribution is 2.36. The van der Waals surface area contributed by atoms with Gasteiger partial charge in [-0.3, -0.25) is 14.6 Å². The molecule has 0 aromatic carbocycles. The van der Waals surface area contributed by atoms with E-state index in [1.54, 1.807) is 11.1 Å². The fourth-order valence-electron chi connectivity index (χ4n) is 3.85. The number of hydrogen-bond acceptors (Lipinski definition) is 4. The molecule has 6 nitrogen and oxygen atoms in total. The smallest absolute Gasteiger partial charge is 0.255 e. The lowest BCUT2D eigenvalue weighted by atomic mass is 9.95. The van der Waals surface area contributed by atoms with Crippen LogP contribution in [-0.4, -0.2) is 58.9 Å². The molecule has 6 heteroatoms. The Morgan fingerprint density at radius 3 is 2.92 bits per heavy atom. The molecule has 0 bridgehead atoms. The summed E-state index contributed by atoms with van der Waals surface area (Å²) in [5.41, 5.74) is 3.78. The number of morpholine rings is 1. The molecule has 0 N–H and O–H groups in total. The highest BCUT2D eigenvalue weighted by atomic mass is 16.5. The Morgan fingerprint density at radius 2 is 2.17 bits per heavy atom. The summed E-state index contributed by atoms with van der Waals surface area (Å²) in [5, 5.41) is 0. The first-order valence-corrected chi connectivity index (χ1v) is 8.55. The summed E-state index contributed by atoms with van der Waals surface area (Å²) in [6.07, 6.45) is 5.06. The number of allylic oxidation sites excluding steroid dienone is 1. The highest BCUT2D eigenvalue weighted by molar-refractivity contribution is 6.22. The third-order valence-corrected chi connectivity index (χ3v) is 5.09. The fourth-order valence-corrected chi connectivity index (χ4v) is 3.85. The number of nitrogens with zero attached hydrogens (tertiary/aromatic N) is 3. The first kappa shape index (κ1) is 15.3. The molecule has 3 aliphatic rings. The van der Waals surface area contributed by atoms with Gasteiger partial charge in [0.1, 0.15) is 6.04 Å². The molecule has 4 rings (SSSR count). The molecular formula is C18H21N3O3. The maximum atomic E-state index is 13.0. The van der Waals surface area contributed by atoms with Gasteiger partial charge in [-0.15, -0.1) is 0 Å². The molecule has 24 heavy (non-hydrogen) atoms. The third kappa shape index (κ3) is 2.33. The first-order valence-electron chi connectivity index (χ1n) is 8.55. The summed E-state index contributed by atoms with van der Waals surface area (Å²) in [7, 11) is 0. The zero-order valence-corrected chi connectivity index (χ0v) is 13.8. The quantitative estimate of drug-likeness (QED) is 0.831. The van der Waals surface area contributed by atoms with Gasteiger partial charge < -0.3 is 14.5 Å². The maximum absolute atomic E-state index is 13.0.